The van der Waals surface area contributed by atoms with Crippen molar-refractivity contribution < 1.29 is 14.0 Å². The van der Waals surface area contributed by atoms with Crippen LogP contribution in [0.15, 0.2) is 18.2 Å². The highest BCUT2D eigenvalue weighted by Crippen LogP contribution is 2.36. The van der Waals surface area contributed by atoms with Gasteiger partial charge in [0.2, 0.25) is 5.91 Å². The van der Waals surface area contributed by atoms with Crippen LogP contribution in [0.4, 0.5) is 10.1 Å². The second-order valence-electron chi connectivity index (χ2n) is 8.53. The van der Waals surface area contributed by atoms with Gasteiger partial charge in [-0.05, 0) is 76.0 Å². The van der Waals surface area contributed by atoms with Crippen LogP contribution in [0.3, 0.4) is 0 Å². The molecule has 0 spiro atoms. The number of halogens is 1. The summed E-state index contributed by atoms with van der Waals surface area (Å²) in [5, 5.41) is 5.87. The van der Waals surface area contributed by atoms with Crippen molar-refractivity contribution in [2.75, 3.05) is 25.5 Å². The van der Waals surface area contributed by atoms with Gasteiger partial charge in [-0.25, -0.2) is 4.39 Å². The number of aryl methyl sites for hydroxylation is 1. The van der Waals surface area contributed by atoms with Gasteiger partial charge in [-0.1, -0.05) is 0 Å². The van der Waals surface area contributed by atoms with Gasteiger partial charge in [0.25, 0.3) is 5.91 Å². The molecule has 1 saturated heterocycles. The number of aromatic amines is 1. The first-order chi connectivity index (χ1) is 14.3. The van der Waals surface area contributed by atoms with E-state index in [-0.39, 0.29) is 17.6 Å². The molecule has 1 fully saturated rings. The van der Waals surface area contributed by atoms with Crippen LogP contribution in [0.1, 0.15) is 58.1 Å². The van der Waals surface area contributed by atoms with Crippen LogP contribution < -0.4 is 10.6 Å². The quantitative estimate of drug-likeness (QED) is 0.682. The summed E-state index contributed by atoms with van der Waals surface area (Å²) in [6, 6.07) is 4.89. The number of likely N-dealkylation sites (tertiary alicyclic amines) is 1. The van der Waals surface area contributed by atoms with Crippen molar-refractivity contribution in [3.8, 4) is 0 Å². The van der Waals surface area contributed by atoms with Crippen LogP contribution in [-0.2, 0) is 11.2 Å². The normalized spacial score (nSPS) is 21.0. The number of H-pyrrole nitrogens is 1. The molecule has 2 aromatic rings. The number of carbonyl (C=O) groups is 2. The van der Waals surface area contributed by atoms with E-state index in [9.17, 15) is 14.0 Å². The standard InChI is InChI=1S/C23H29FN4O2/c1-13-20(12-18-17-11-15(24)6-7-19(17)27-22(18)29)26-14(2)21(13)23(30)25-9-8-16-5-4-10-28(16)3/h6-7,11,16,18,26H,4-5,8-10,12H2,1-3H3,(H,25,30)(H,27,29). The zero-order valence-corrected chi connectivity index (χ0v) is 17.8. The molecule has 2 aliphatic rings. The third kappa shape index (κ3) is 3.86. The summed E-state index contributed by atoms with van der Waals surface area (Å²) in [7, 11) is 2.13. The third-order valence-corrected chi connectivity index (χ3v) is 6.57. The van der Waals surface area contributed by atoms with Crippen LogP contribution >= 0.6 is 0 Å². The molecule has 2 unspecified atom stereocenters. The Hall–Kier alpha value is -2.67. The average molecular weight is 413 g/mol. The number of amides is 2. The van der Waals surface area contributed by atoms with Gasteiger partial charge in [0.1, 0.15) is 5.82 Å². The zero-order chi connectivity index (χ0) is 21.4. The Kier molecular flexibility index (Phi) is 5.64. The predicted molar refractivity (Wildman–Crippen MR) is 114 cm³/mol. The first-order valence-corrected chi connectivity index (χ1v) is 10.6. The highest BCUT2D eigenvalue weighted by molar-refractivity contribution is 6.03. The van der Waals surface area contributed by atoms with E-state index in [0.29, 0.717) is 35.8 Å². The molecule has 6 nitrogen and oxygen atoms in total. The molecular weight excluding hydrogens is 383 g/mol. The van der Waals surface area contributed by atoms with Crippen LogP contribution in [0.2, 0.25) is 0 Å². The fourth-order valence-corrected chi connectivity index (χ4v) is 4.85. The Morgan fingerprint density at radius 3 is 2.87 bits per heavy atom. The fraction of sp³-hybridized carbons (Fsp3) is 0.478. The lowest BCUT2D eigenvalue weighted by atomic mass is 9.94. The summed E-state index contributed by atoms with van der Waals surface area (Å²) in [6.07, 6.45) is 3.75. The average Bonchev–Trinajstić information content (AvgIpc) is 3.32. The van der Waals surface area contributed by atoms with E-state index < -0.39 is 5.92 Å². The minimum Gasteiger partial charge on any atom is -0.362 e. The summed E-state index contributed by atoms with van der Waals surface area (Å²) in [5.41, 5.74) is 4.44. The molecule has 4 rings (SSSR count). The van der Waals surface area contributed by atoms with Gasteiger partial charge >= 0.3 is 0 Å². The largest absolute Gasteiger partial charge is 0.362 e. The van der Waals surface area contributed by atoms with Crippen molar-refractivity contribution in [2.45, 2.75) is 51.5 Å². The summed E-state index contributed by atoms with van der Waals surface area (Å²) < 4.78 is 13.7. The van der Waals surface area contributed by atoms with Crippen molar-refractivity contribution in [1.82, 2.24) is 15.2 Å². The minimum atomic E-state index is -0.471. The maximum atomic E-state index is 13.7. The third-order valence-electron chi connectivity index (χ3n) is 6.57. The van der Waals surface area contributed by atoms with E-state index in [1.165, 1.54) is 25.0 Å². The molecule has 2 atom stereocenters. The molecule has 2 amide bonds. The van der Waals surface area contributed by atoms with E-state index in [1.807, 2.05) is 13.8 Å². The number of anilines is 1. The molecular formula is C23H29FN4O2. The number of nitrogens with zero attached hydrogens (tertiary/aromatic N) is 1. The number of hydrogen-bond acceptors (Lipinski definition) is 3. The molecule has 1 aromatic carbocycles. The maximum absolute atomic E-state index is 13.7. The molecule has 7 heteroatoms. The number of rotatable bonds is 6. The highest BCUT2D eigenvalue weighted by Gasteiger charge is 2.32. The van der Waals surface area contributed by atoms with Crippen LogP contribution in [0.25, 0.3) is 0 Å². The van der Waals surface area contributed by atoms with E-state index in [4.69, 9.17) is 0 Å². The predicted octanol–water partition coefficient (Wildman–Crippen LogP) is 3.26. The SMILES string of the molecule is Cc1[nH]c(CC2C(=O)Nc3ccc(F)cc32)c(C)c1C(=O)NCCC1CCCN1C. The van der Waals surface area contributed by atoms with Gasteiger partial charge in [0.05, 0.1) is 11.5 Å². The zero-order valence-electron chi connectivity index (χ0n) is 17.8. The van der Waals surface area contributed by atoms with E-state index in [0.717, 1.165) is 29.9 Å². The van der Waals surface area contributed by atoms with Crippen molar-refractivity contribution >= 4 is 17.5 Å². The van der Waals surface area contributed by atoms with Gasteiger partial charge < -0.3 is 20.5 Å². The Balaban J connectivity index is 1.45. The smallest absolute Gasteiger partial charge is 0.253 e. The molecule has 2 aliphatic heterocycles. The number of fused-ring (bicyclic) bond motifs is 1. The molecule has 3 heterocycles. The van der Waals surface area contributed by atoms with Gasteiger partial charge in [-0.3, -0.25) is 9.59 Å². The number of nitrogens with one attached hydrogen (secondary N) is 3. The summed E-state index contributed by atoms with van der Waals surface area (Å²) in [5.74, 6) is -1.06. The lowest BCUT2D eigenvalue weighted by molar-refractivity contribution is -0.117. The van der Waals surface area contributed by atoms with Crippen molar-refractivity contribution in [3.05, 3.63) is 52.1 Å². The second-order valence-corrected chi connectivity index (χ2v) is 8.53. The minimum absolute atomic E-state index is 0.0875. The van der Waals surface area contributed by atoms with Crippen LogP contribution in [-0.4, -0.2) is 47.9 Å². The van der Waals surface area contributed by atoms with E-state index in [2.05, 4.69) is 27.6 Å². The maximum Gasteiger partial charge on any atom is 0.253 e. The van der Waals surface area contributed by atoms with Crippen molar-refractivity contribution in [3.63, 3.8) is 0 Å². The molecule has 30 heavy (non-hydrogen) atoms. The highest BCUT2D eigenvalue weighted by atomic mass is 19.1. The Labute approximate surface area is 176 Å². The van der Waals surface area contributed by atoms with Gasteiger partial charge in [-0.2, -0.15) is 0 Å². The Bertz CT molecular complexity index is 984. The number of hydrogen-bond donors (Lipinski definition) is 3. The molecule has 0 radical (unpaired) electrons. The number of benzene rings is 1. The van der Waals surface area contributed by atoms with Crippen molar-refractivity contribution in [2.24, 2.45) is 0 Å². The first-order valence-electron chi connectivity index (χ1n) is 10.6. The molecule has 0 aliphatic carbocycles. The fourth-order valence-electron chi connectivity index (χ4n) is 4.85. The van der Waals surface area contributed by atoms with E-state index >= 15 is 0 Å². The lowest BCUT2D eigenvalue weighted by Gasteiger charge is -2.19. The topological polar surface area (TPSA) is 77.2 Å². The monoisotopic (exact) mass is 412 g/mol. The number of aromatic nitrogens is 1. The van der Waals surface area contributed by atoms with Gasteiger partial charge in [0, 0.05) is 36.1 Å². The lowest BCUT2D eigenvalue weighted by Crippen LogP contribution is -2.32. The second kappa shape index (κ2) is 8.22. The van der Waals surface area contributed by atoms with Crippen molar-refractivity contribution in [1.29, 1.82) is 0 Å². The molecule has 1 aromatic heterocycles. The first kappa shape index (κ1) is 20.6. The molecule has 3 N–H and O–H groups in total. The summed E-state index contributed by atoms with van der Waals surface area (Å²) in [6.45, 7) is 5.54. The summed E-state index contributed by atoms with van der Waals surface area (Å²) in [4.78, 5) is 30.9. The van der Waals surface area contributed by atoms with E-state index in [1.54, 1.807) is 6.07 Å². The summed E-state index contributed by atoms with van der Waals surface area (Å²) >= 11 is 0. The Morgan fingerprint density at radius 1 is 1.33 bits per heavy atom. The number of carbonyl (C=O) groups excluding carboxylic acids is 2. The van der Waals surface area contributed by atoms with Crippen LogP contribution in [0, 0.1) is 19.7 Å². The van der Waals surface area contributed by atoms with Gasteiger partial charge in [-0.15, -0.1) is 0 Å². The molecule has 0 bridgehead atoms. The van der Waals surface area contributed by atoms with Gasteiger partial charge in [0.15, 0.2) is 0 Å². The molecule has 0 saturated carbocycles. The van der Waals surface area contributed by atoms with Crippen LogP contribution in [0.5, 0.6) is 0 Å². The molecule has 160 valence electrons. The Morgan fingerprint density at radius 2 is 2.13 bits per heavy atom.